The lowest BCUT2D eigenvalue weighted by molar-refractivity contribution is 0.594. The van der Waals surface area contributed by atoms with Crippen molar-refractivity contribution in [3.63, 3.8) is 0 Å². The van der Waals surface area contributed by atoms with Crippen LogP contribution in [0.3, 0.4) is 0 Å². The predicted molar refractivity (Wildman–Crippen MR) is 72.8 cm³/mol. The van der Waals surface area contributed by atoms with Crippen LogP contribution in [-0.2, 0) is 9.84 Å². The molecule has 0 aliphatic rings. The molecule has 0 N–H and O–H groups in total. The van der Waals surface area contributed by atoms with Crippen molar-refractivity contribution in [3.05, 3.63) is 30.3 Å². The number of nitrogens with zero attached hydrogens (tertiary/aromatic N) is 2. The Balaban J connectivity index is 2.45. The molecule has 1 heterocycles. The lowest BCUT2D eigenvalue weighted by atomic mass is 10.2. The molecule has 0 radical (unpaired) electrons. The summed E-state index contributed by atoms with van der Waals surface area (Å²) < 4.78 is 20.9. The van der Waals surface area contributed by atoms with E-state index < -0.39 is 13.0 Å². The Morgan fingerprint density at radius 1 is 1.06 bits per heavy atom. The fraction of sp³-hybridized carbons (Fsp3) is 0.111. The molecular weight excluding hydrogens is 339 g/mol. The Morgan fingerprint density at radius 2 is 1.67 bits per heavy atom. The van der Waals surface area contributed by atoms with Crippen LogP contribution in [0.4, 0.5) is 0 Å². The molecule has 0 fully saturated rings. The number of halogens is 3. The second kappa shape index (κ2) is 4.94. The van der Waals surface area contributed by atoms with Gasteiger partial charge in [-0.2, -0.15) is 0 Å². The van der Waals surface area contributed by atoms with E-state index in [-0.39, 0.29) is 4.34 Å². The zero-order valence-corrected chi connectivity index (χ0v) is 12.4. The van der Waals surface area contributed by atoms with Gasteiger partial charge < -0.3 is 0 Å². The quantitative estimate of drug-likeness (QED) is 0.785. The van der Waals surface area contributed by atoms with Crippen LogP contribution in [0.15, 0.2) is 34.7 Å². The Kier molecular flexibility index (Phi) is 3.85. The molecule has 0 saturated carbocycles. The minimum absolute atomic E-state index is 0.318. The van der Waals surface area contributed by atoms with E-state index in [1.54, 1.807) is 24.3 Å². The van der Waals surface area contributed by atoms with Crippen molar-refractivity contribution in [2.45, 2.75) is 7.46 Å². The van der Waals surface area contributed by atoms with Crippen molar-refractivity contribution in [3.8, 4) is 10.6 Å². The minimum Gasteiger partial charge on any atom is -0.217 e. The first-order valence-electron chi connectivity index (χ1n) is 4.52. The van der Waals surface area contributed by atoms with Gasteiger partial charge in [-0.05, 0) is 0 Å². The second-order valence-electron chi connectivity index (χ2n) is 3.19. The lowest BCUT2D eigenvalue weighted by Crippen LogP contribution is -2.19. The predicted octanol–water partition coefficient (Wildman–Crippen LogP) is 3.31. The van der Waals surface area contributed by atoms with Gasteiger partial charge >= 0.3 is 0 Å². The van der Waals surface area contributed by atoms with Crippen LogP contribution in [0, 0.1) is 0 Å². The molecule has 0 aliphatic heterocycles. The van der Waals surface area contributed by atoms with Crippen LogP contribution in [0.5, 0.6) is 0 Å². The van der Waals surface area contributed by atoms with Crippen molar-refractivity contribution in [2.24, 2.45) is 0 Å². The average molecular weight is 344 g/mol. The van der Waals surface area contributed by atoms with Crippen LogP contribution in [-0.4, -0.2) is 21.7 Å². The third kappa shape index (κ3) is 2.62. The van der Waals surface area contributed by atoms with Gasteiger partial charge in [-0.25, -0.2) is 8.42 Å². The number of hydrogen-bond donors (Lipinski definition) is 0. The molecular formula is C9H5Cl3N2O2S2. The summed E-state index contributed by atoms with van der Waals surface area (Å²) in [6.45, 7) is 0. The van der Waals surface area contributed by atoms with Crippen LogP contribution in [0.25, 0.3) is 10.6 Å². The summed E-state index contributed by atoms with van der Waals surface area (Å²) in [7, 11) is -4.12. The highest BCUT2D eigenvalue weighted by Crippen LogP contribution is 2.39. The van der Waals surface area contributed by atoms with Crippen molar-refractivity contribution in [2.75, 3.05) is 0 Å². The van der Waals surface area contributed by atoms with Gasteiger partial charge in [-0.1, -0.05) is 76.5 Å². The molecule has 0 spiro atoms. The molecule has 2 rings (SSSR count). The highest BCUT2D eigenvalue weighted by Gasteiger charge is 2.42. The third-order valence-electron chi connectivity index (χ3n) is 1.96. The Bertz CT molecular complexity index is 650. The Labute approximate surface area is 122 Å². The summed E-state index contributed by atoms with van der Waals surface area (Å²) in [4.78, 5) is 0. The van der Waals surface area contributed by atoms with Gasteiger partial charge in [-0.15, -0.1) is 10.2 Å². The average Bonchev–Trinajstić information content (AvgIpc) is 2.78. The molecule has 9 heteroatoms. The molecule has 1 aromatic carbocycles. The molecule has 0 aliphatic carbocycles. The summed E-state index contributed by atoms with van der Waals surface area (Å²) in [6.07, 6.45) is 0. The molecule has 96 valence electrons. The number of rotatable bonds is 2. The van der Waals surface area contributed by atoms with E-state index in [9.17, 15) is 8.42 Å². The van der Waals surface area contributed by atoms with Gasteiger partial charge in [-0.3, -0.25) is 0 Å². The fourth-order valence-corrected chi connectivity index (χ4v) is 4.16. The van der Waals surface area contributed by atoms with Gasteiger partial charge in [0.1, 0.15) is 5.01 Å². The summed E-state index contributed by atoms with van der Waals surface area (Å²) in [6, 6.07) is 9.02. The molecule has 0 amide bonds. The molecule has 2 aromatic rings. The highest BCUT2D eigenvalue weighted by molar-refractivity contribution is 7.98. The van der Waals surface area contributed by atoms with E-state index in [2.05, 4.69) is 10.2 Å². The summed E-state index contributed by atoms with van der Waals surface area (Å²) in [5.41, 5.74) is 0.751. The number of alkyl halides is 3. The number of hydrogen-bond acceptors (Lipinski definition) is 5. The van der Waals surface area contributed by atoms with Crippen molar-refractivity contribution in [1.29, 1.82) is 0 Å². The fourth-order valence-electron chi connectivity index (χ4n) is 1.11. The first-order chi connectivity index (χ1) is 8.32. The van der Waals surface area contributed by atoms with Gasteiger partial charge in [0, 0.05) is 5.56 Å². The molecule has 4 nitrogen and oxygen atoms in total. The first-order valence-corrected chi connectivity index (χ1v) is 7.96. The third-order valence-corrected chi connectivity index (χ3v) is 6.62. The van der Waals surface area contributed by atoms with Crippen LogP contribution in [0.1, 0.15) is 0 Å². The van der Waals surface area contributed by atoms with Crippen molar-refractivity contribution in [1.82, 2.24) is 10.2 Å². The first kappa shape index (κ1) is 14.0. The zero-order chi connectivity index (χ0) is 13.4. The summed E-state index contributed by atoms with van der Waals surface area (Å²) in [5, 5.41) is 7.79. The molecule has 0 bridgehead atoms. The number of aromatic nitrogens is 2. The molecule has 0 saturated heterocycles. The van der Waals surface area contributed by atoms with E-state index in [0.717, 1.165) is 16.9 Å². The van der Waals surface area contributed by atoms with E-state index in [1.807, 2.05) is 6.07 Å². The van der Waals surface area contributed by atoms with Crippen molar-refractivity contribution >= 4 is 56.0 Å². The highest BCUT2D eigenvalue weighted by atomic mass is 35.6. The number of benzene rings is 1. The van der Waals surface area contributed by atoms with Gasteiger partial charge in [0.15, 0.2) is 0 Å². The molecule has 18 heavy (non-hydrogen) atoms. The van der Waals surface area contributed by atoms with E-state index in [0.29, 0.717) is 5.01 Å². The Hall–Kier alpha value is -0.400. The Morgan fingerprint density at radius 3 is 2.22 bits per heavy atom. The van der Waals surface area contributed by atoms with Gasteiger partial charge in [0.05, 0.1) is 0 Å². The lowest BCUT2D eigenvalue weighted by Gasteiger charge is -2.07. The smallest absolute Gasteiger partial charge is 0.217 e. The largest absolute Gasteiger partial charge is 0.299 e. The van der Waals surface area contributed by atoms with Crippen LogP contribution < -0.4 is 0 Å². The van der Waals surface area contributed by atoms with E-state index >= 15 is 0 Å². The van der Waals surface area contributed by atoms with Crippen molar-refractivity contribution < 1.29 is 8.42 Å². The molecule has 0 atom stereocenters. The normalized spacial score (nSPS) is 12.6. The second-order valence-corrected chi connectivity index (χ2v) is 9.38. The van der Waals surface area contributed by atoms with E-state index in [1.165, 1.54) is 0 Å². The van der Waals surface area contributed by atoms with Gasteiger partial charge in [0.25, 0.3) is 13.0 Å². The van der Waals surface area contributed by atoms with Crippen LogP contribution in [0.2, 0.25) is 0 Å². The maximum atomic E-state index is 11.8. The van der Waals surface area contributed by atoms with Crippen LogP contribution >= 0.6 is 46.1 Å². The summed E-state index contributed by atoms with van der Waals surface area (Å²) in [5.74, 6) is 0. The SMILES string of the molecule is O=S(=O)(c1nnc(-c2ccccc2)s1)C(Cl)(Cl)Cl. The van der Waals surface area contributed by atoms with Gasteiger partial charge in [0.2, 0.25) is 4.34 Å². The minimum atomic E-state index is -4.12. The maximum absolute atomic E-state index is 11.8. The number of sulfone groups is 1. The zero-order valence-electron chi connectivity index (χ0n) is 8.55. The topological polar surface area (TPSA) is 59.9 Å². The summed E-state index contributed by atoms with van der Waals surface area (Å²) >= 11 is 17.0. The monoisotopic (exact) mass is 342 g/mol. The maximum Gasteiger partial charge on any atom is 0.299 e. The van der Waals surface area contributed by atoms with E-state index in [4.69, 9.17) is 34.8 Å². The standard InChI is InChI=1S/C9H5Cl3N2O2S2/c10-9(11,12)18(15,16)8-14-13-7(17-8)6-4-2-1-3-5-6/h1-5H. The molecule has 1 aromatic heterocycles. The molecule has 0 unspecified atom stereocenters.